The fourth-order valence-corrected chi connectivity index (χ4v) is 1.52. The molecule has 0 aromatic heterocycles. The Bertz CT molecular complexity index is 372. The summed E-state index contributed by atoms with van der Waals surface area (Å²) in [6.07, 6.45) is 2.75. The van der Waals surface area contributed by atoms with Gasteiger partial charge in [0, 0.05) is 12.0 Å². The lowest BCUT2D eigenvalue weighted by atomic mass is 10.1. The summed E-state index contributed by atoms with van der Waals surface area (Å²) in [6.45, 7) is 0.535. The van der Waals surface area contributed by atoms with Crippen LogP contribution in [0.1, 0.15) is 17.5 Å². The molecule has 1 aromatic rings. The third-order valence-corrected chi connectivity index (χ3v) is 2.21. The van der Waals surface area contributed by atoms with Crippen molar-refractivity contribution < 1.29 is 14.2 Å². The molecule has 0 radical (unpaired) electrons. The van der Waals surface area contributed by atoms with Crippen LogP contribution in [0.5, 0.6) is 0 Å². The molecule has 1 N–H and O–H groups in total. The molecule has 2 rings (SSSR count). The van der Waals surface area contributed by atoms with Gasteiger partial charge < -0.3 is 9.84 Å². The van der Waals surface area contributed by atoms with Gasteiger partial charge in [-0.25, -0.2) is 4.39 Å². The van der Waals surface area contributed by atoms with Gasteiger partial charge in [0.25, 0.3) is 0 Å². The van der Waals surface area contributed by atoms with Crippen LogP contribution in [-0.2, 0) is 11.3 Å². The van der Waals surface area contributed by atoms with Gasteiger partial charge in [0.15, 0.2) is 0 Å². The first-order valence-electron chi connectivity index (χ1n) is 4.54. The van der Waals surface area contributed by atoms with Gasteiger partial charge in [-0.15, -0.1) is 0 Å². The summed E-state index contributed by atoms with van der Waals surface area (Å²) in [5, 5.41) is 9.06. The van der Waals surface area contributed by atoms with Crippen molar-refractivity contribution in [3.05, 3.63) is 41.2 Å². The van der Waals surface area contributed by atoms with E-state index in [0.29, 0.717) is 23.5 Å². The molecule has 0 fully saturated rings. The van der Waals surface area contributed by atoms with E-state index >= 15 is 0 Å². The summed E-state index contributed by atoms with van der Waals surface area (Å²) < 4.78 is 18.3. The van der Waals surface area contributed by atoms with E-state index in [1.807, 2.05) is 6.08 Å². The first kappa shape index (κ1) is 9.21. The number of benzene rings is 1. The number of aliphatic hydroxyl groups is 1. The molecule has 1 aliphatic rings. The van der Waals surface area contributed by atoms with E-state index in [1.165, 1.54) is 12.1 Å². The first-order chi connectivity index (χ1) is 6.81. The number of hydrogen-bond donors (Lipinski definition) is 1. The molecule has 0 saturated carbocycles. The van der Waals surface area contributed by atoms with Crippen molar-refractivity contribution in [3.63, 3.8) is 0 Å². The van der Waals surface area contributed by atoms with E-state index in [9.17, 15) is 4.39 Å². The maximum atomic E-state index is 13.0. The van der Waals surface area contributed by atoms with E-state index in [4.69, 9.17) is 9.84 Å². The molecule has 0 bridgehead atoms. The van der Waals surface area contributed by atoms with Gasteiger partial charge in [0.05, 0.1) is 13.2 Å². The average Bonchev–Trinajstić information content (AvgIpc) is 2.70. The van der Waals surface area contributed by atoms with Crippen molar-refractivity contribution >= 4 is 5.76 Å². The minimum Gasteiger partial charge on any atom is -0.493 e. The number of halogens is 1. The van der Waals surface area contributed by atoms with Crippen molar-refractivity contribution in [3.8, 4) is 0 Å². The largest absolute Gasteiger partial charge is 0.493 e. The molecule has 0 atom stereocenters. The minimum absolute atomic E-state index is 0.101. The molecular weight excluding hydrogens is 183 g/mol. The molecule has 74 valence electrons. The maximum absolute atomic E-state index is 13.0. The fourth-order valence-electron chi connectivity index (χ4n) is 1.52. The number of aliphatic hydroxyl groups excluding tert-OH is 1. The van der Waals surface area contributed by atoms with Crippen LogP contribution in [0.25, 0.3) is 5.76 Å². The van der Waals surface area contributed by atoms with Crippen molar-refractivity contribution in [1.82, 2.24) is 0 Å². The maximum Gasteiger partial charge on any atom is 0.123 e. The van der Waals surface area contributed by atoms with Crippen LogP contribution < -0.4 is 0 Å². The number of ether oxygens (including phenoxy) is 1. The first-order valence-corrected chi connectivity index (χ1v) is 4.54. The van der Waals surface area contributed by atoms with E-state index in [-0.39, 0.29) is 12.4 Å². The third kappa shape index (κ3) is 1.63. The molecule has 1 heterocycles. The summed E-state index contributed by atoms with van der Waals surface area (Å²) in [5.74, 6) is 0.363. The zero-order valence-electron chi connectivity index (χ0n) is 7.66. The van der Waals surface area contributed by atoms with Gasteiger partial charge in [0.1, 0.15) is 11.6 Å². The van der Waals surface area contributed by atoms with E-state index in [1.54, 1.807) is 6.07 Å². The second-order valence-corrected chi connectivity index (χ2v) is 3.17. The zero-order chi connectivity index (χ0) is 9.97. The monoisotopic (exact) mass is 194 g/mol. The Morgan fingerprint density at radius 2 is 2.29 bits per heavy atom. The summed E-state index contributed by atoms with van der Waals surface area (Å²) in [6, 6.07) is 4.31. The third-order valence-electron chi connectivity index (χ3n) is 2.21. The van der Waals surface area contributed by atoms with Crippen LogP contribution in [0.2, 0.25) is 0 Å². The molecule has 14 heavy (non-hydrogen) atoms. The summed E-state index contributed by atoms with van der Waals surface area (Å²) >= 11 is 0. The Hall–Kier alpha value is -1.35. The van der Waals surface area contributed by atoms with Gasteiger partial charge >= 0.3 is 0 Å². The number of rotatable bonds is 2. The molecule has 3 heteroatoms. The van der Waals surface area contributed by atoms with Gasteiger partial charge in [-0.2, -0.15) is 0 Å². The molecule has 0 spiro atoms. The van der Waals surface area contributed by atoms with Gasteiger partial charge in [-0.3, -0.25) is 0 Å². The minimum atomic E-state index is -0.311. The Balaban J connectivity index is 2.43. The molecular formula is C11H11FO2. The molecule has 0 unspecified atom stereocenters. The van der Waals surface area contributed by atoms with Gasteiger partial charge in [-0.05, 0) is 23.8 Å². The Morgan fingerprint density at radius 3 is 2.93 bits per heavy atom. The zero-order valence-corrected chi connectivity index (χ0v) is 7.66. The van der Waals surface area contributed by atoms with E-state index < -0.39 is 0 Å². The average molecular weight is 194 g/mol. The van der Waals surface area contributed by atoms with Crippen LogP contribution in [0.3, 0.4) is 0 Å². The molecule has 1 aliphatic heterocycles. The van der Waals surface area contributed by atoms with Crippen LogP contribution in [0, 0.1) is 5.82 Å². The smallest absolute Gasteiger partial charge is 0.123 e. The highest BCUT2D eigenvalue weighted by Gasteiger charge is 2.13. The summed E-state index contributed by atoms with van der Waals surface area (Å²) in [7, 11) is 0. The molecule has 0 aliphatic carbocycles. The predicted molar refractivity (Wildman–Crippen MR) is 50.9 cm³/mol. The van der Waals surface area contributed by atoms with Crippen molar-refractivity contribution in [1.29, 1.82) is 0 Å². The lowest BCUT2D eigenvalue weighted by molar-refractivity contribution is 0.277. The molecule has 0 amide bonds. The lowest BCUT2D eigenvalue weighted by Gasteiger charge is -2.08. The lowest BCUT2D eigenvalue weighted by Crippen LogP contribution is -1.95. The predicted octanol–water partition coefficient (Wildman–Crippen LogP) is 2.08. The molecule has 1 aromatic carbocycles. The normalized spacial score (nSPS) is 15.1. The second kappa shape index (κ2) is 3.80. The summed E-state index contributed by atoms with van der Waals surface area (Å²) in [5.41, 5.74) is 1.35. The highest BCUT2D eigenvalue weighted by atomic mass is 19.1. The Morgan fingerprint density at radius 1 is 1.43 bits per heavy atom. The van der Waals surface area contributed by atoms with Crippen LogP contribution in [-0.4, -0.2) is 11.7 Å². The Kier molecular flexibility index (Phi) is 2.50. The fraction of sp³-hybridized carbons (Fsp3) is 0.273. The topological polar surface area (TPSA) is 29.5 Å². The highest BCUT2D eigenvalue weighted by Crippen LogP contribution is 2.25. The standard InChI is InChI=1S/C11H11FO2/c12-9-4-3-8(7-13)10(6-9)11-2-1-5-14-11/h2-4,6,13H,1,5,7H2. The SMILES string of the molecule is OCc1ccc(F)cc1C1=CCCO1. The molecule has 0 saturated heterocycles. The Labute approximate surface area is 81.6 Å². The van der Waals surface area contributed by atoms with Gasteiger partial charge in [-0.1, -0.05) is 6.07 Å². The quantitative estimate of drug-likeness (QED) is 0.781. The second-order valence-electron chi connectivity index (χ2n) is 3.17. The van der Waals surface area contributed by atoms with Crippen LogP contribution >= 0.6 is 0 Å². The number of hydrogen-bond acceptors (Lipinski definition) is 2. The van der Waals surface area contributed by atoms with Crippen LogP contribution in [0.15, 0.2) is 24.3 Å². The molecule has 2 nitrogen and oxygen atoms in total. The van der Waals surface area contributed by atoms with E-state index in [2.05, 4.69) is 0 Å². The van der Waals surface area contributed by atoms with Crippen LogP contribution in [0.4, 0.5) is 4.39 Å². The summed E-state index contributed by atoms with van der Waals surface area (Å²) in [4.78, 5) is 0. The van der Waals surface area contributed by atoms with Crippen molar-refractivity contribution in [2.24, 2.45) is 0 Å². The van der Waals surface area contributed by atoms with Crippen molar-refractivity contribution in [2.75, 3.05) is 6.61 Å². The van der Waals surface area contributed by atoms with Crippen molar-refractivity contribution in [2.45, 2.75) is 13.0 Å². The van der Waals surface area contributed by atoms with E-state index in [0.717, 1.165) is 6.42 Å². The van der Waals surface area contributed by atoms with Gasteiger partial charge in [0.2, 0.25) is 0 Å². The highest BCUT2D eigenvalue weighted by molar-refractivity contribution is 5.64.